The van der Waals surface area contributed by atoms with Crippen molar-refractivity contribution in [2.24, 2.45) is 0 Å². The molecule has 0 aromatic heterocycles. The van der Waals surface area contributed by atoms with Crippen LogP contribution in [0.5, 0.6) is 0 Å². The fourth-order valence-electron chi connectivity index (χ4n) is 8.78. The first-order valence-corrected chi connectivity index (χ1v) is 30.9. The minimum absolute atomic E-state index is 0.0806. The lowest BCUT2D eigenvalue weighted by atomic mass is 10.1. The number of allylic oxidation sites excluding steroid dienone is 12. The molecular weight excluding hydrogens is 889 g/mol. The maximum Gasteiger partial charge on any atom is 0.306 e. The Morgan fingerprint density at radius 2 is 0.542 bits per heavy atom. The number of hydrogen-bond donors (Lipinski definition) is 0. The van der Waals surface area contributed by atoms with Gasteiger partial charge >= 0.3 is 17.9 Å². The van der Waals surface area contributed by atoms with Gasteiger partial charge in [0.25, 0.3) is 0 Å². The molecule has 0 bridgehead atoms. The Hall–Kier alpha value is -3.15. The fraction of sp³-hybridized carbons (Fsp3) is 0.773. The molecule has 0 aromatic rings. The Kier molecular flexibility index (Phi) is 57.8. The van der Waals surface area contributed by atoms with E-state index in [2.05, 4.69) is 93.7 Å². The van der Waals surface area contributed by atoms with Crippen LogP contribution >= 0.6 is 0 Å². The van der Waals surface area contributed by atoms with Gasteiger partial charge < -0.3 is 14.2 Å². The summed E-state index contributed by atoms with van der Waals surface area (Å²) in [7, 11) is 0. The molecule has 0 N–H and O–H groups in total. The molecule has 72 heavy (non-hydrogen) atoms. The molecule has 1 atom stereocenters. The number of hydrogen-bond acceptors (Lipinski definition) is 6. The van der Waals surface area contributed by atoms with E-state index >= 15 is 0 Å². The zero-order chi connectivity index (χ0) is 52.2. The standard InChI is InChI=1S/C66H116O6/c1-4-7-10-13-16-19-22-25-27-29-31-32-33-34-35-37-38-41-44-47-50-53-56-59-65(68)71-62-63(61-70-64(67)58-55-52-49-46-43-40-24-21-18-15-12-9-6-3)72-66(69)60-57-54-51-48-45-42-39-36-30-28-26-23-20-17-14-11-8-5-2/h7,10,16,19,21,24-25,27-28,30-32,63H,4-6,8-9,11-15,17-18,20,22-23,26,29,33-62H2,1-3H3/b10-7-,19-16-,24-21-,27-25-,30-28-,32-31-. The highest BCUT2D eigenvalue weighted by atomic mass is 16.6. The summed E-state index contributed by atoms with van der Waals surface area (Å²) in [5.74, 6) is -0.885. The molecule has 0 amide bonds. The van der Waals surface area contributed by atoms with Crippen LogP contribution in [0.3, 0.4) is 0 Å². The predicted molar refractivity (Wildman–Crippen MR) is 311 cm³/mol. The highest BCUT2D eigenvalue weighted by Gasteiger charge is 2.19. The molecule has 416 valence electrons. The van der Waals surface area contributed by atoms with Crippen molar-refractivity contribution in [2.45, 2.75) is 316 Å². The molecule has 0 radical (unpaired) electrons. The summed E-state index contributed by atoms with van der Waals surface area (Å²) in [4.78, 5) is 38.2. The number of unbranched alkanes of at least 4 members (excludes halogenated alkanes) is 33. The van der Waals surface area contributed by atoms with Crippen LogP contribution < -0.4 is 0 Å². The Morgan fingerprint density at radius 1 is 0.292 bits per heavy atom. The van der Waals surface area contributed by atoms with Gasteiger partial charge in [-0.3, -0.25) is 14.4 Å². The molecule has 0 fully saturated rings. The molecule has 0 aliphatic heterocycles. The van der Waals surface area contributed by atoms with Crippen molar-refractivity contribution >= 4 is 17.9 Å². The van der Waals surface area contributed by atoms with Crippen LogP contribution in [0.2, 0.25) is 0 Å². The Balaban J connectivity index is 4.33. The number of rotatable bonds is 56. The van der Waals surface area contributed by atoms with Crippen molar-refractivity contribution < 1.29 is 28.6 Å². The van der Waals surface area contributed by atoms with Gasteiger partial charge in [-0.15, -0.1) is 0 Å². The first kappa shape index (κ1) is 68.8. The molecule has 0 saturated carbocycles. The number of carbonyl (C=O) groups excluding carboxylic acids is 3. The van der Waals surface area contributed by atoms with Gasteiger partial charge in [0.1, 0.15) is 13.2 Å². The van der Waals surface area contributed by atoms with Crippen molar-refractivity contribution in [3.8, 4) is 0 Å². The molecule has 0 heterocycles. The number of ether oxygens (including phenoxy) is 3. The normalized spacial score (nSPS) is 12.5. The van der Waals surface area contributed by atoms with Crippen molar-refractivity contribution in [2.75, 3.05) is 13.2 Å². The van der Waals surface area contributed by atoms with Crippen molar-refractivity contribution in [1.82, 2.24) is 0 Å². The van der Waals surface area contributed by atoms with Crippen LogP contribution in [-0.2, 0) is 28.6 Å². The van der Waals surface area contributed by atoms with E-state index in [1.165, 1.54) is 180 Å². The molecular formula is C66H116O6. The van der Waals surface area contributed by atoms with Crippen LogP contribution in [-0.4, -0.2) is 37.2 Å². The van der Waals surface area contributed by atoms with Gasteiger partial charge in [-0.25, -0.2) is 0 Å². The van der Waals surface area contributed by atoms with E-state index in [9.17, 15) is 14.4 Å². The Morgan fingerprint density at radius 3 is 0.875 bits per heavy atom. The smallest absolute Gasteiger partial charge is 0.306 e. The monoisotopic (exact) mass is 1000 g/mol. The van der Waals surface area contributed by atoms with E-state index in [0.29, 0.717) is 19.3 Å². The van der Waals surface area contributed by atoms with Gasteiger partial charge in [-0.05, 0) is 109 Å². The lowest BCUT2D eigenvalue weighted by Gasteiger charge is -2.18. The molecule has 1 unspecified atom stereocenters. The van der Waals surface area contributed by atoms with Gasteiger partial charge in [-0.1, -0.05) is 254 Å². The minimum Gasteiger partial charge on any atom is -0.462 e. The number of esters is 3. The predicted octanol–water partition coefficient (Wildman–Crippen LogP) is 20.9. The highest BCUT2D eigenvalue weighted by Crippen LogP contribution is 2.16. The zero-order valence-electron chi connectivity index (χ0n) is 47.7. The summed E-state index contributed by atoms with van der Waals surface area (Å²) in [6.45, 7) is 6.53. The molecule has 0 aliphatic carbocycles. The lowest BCUT2D eigenvalue weighted by Crippen LogP contribution is -2.30. The maximum absolute atomic E-state index is 12.9. The molecule has 0 aliphatic rings. The summed E-state index contributed by atoms with van der Waals surface area (Å²) in [5.41, 5.74) is 0. The Labute approximate surface area is 446 Å². The first-order valence-electron chi connectivity index (χ1n) is 30.9. The van der Waals surface area contributed by atoms with Crippen LogP contribution in [0.4, 0.5) is 0 Å². The second kappa shape index (κ2) is 60.4. The third-order valence-corrected chi connectivity index (χ3v) is 13.4. The van der Waals surface area contributed by atoms with Gasteiger partial charge in [0.15, 0.2) is 6.10 Å². The van der Waals surface area contributed by atoms with Crippen LogP contribution in [0.15, 0.2) is 72.9 Å². The lowest BCUT2D eigenvalue weighted by molar-refractivity contribution is -0.167. The van der Waals surface area contributed by atoms with Crippen LogP contribution in [0.1, 0.15) is 310 Å². The Bertz CT molecular complexity index is 1340. The molecule has 6 heteroatoms. The molecule has 6 nitrogen and oxygen atoms in total. The largest absolute Gasteiger partial charge is 0.462 e. The van der Waals surface area contributed by atoms with Gasteiger partial charge in [0, 0.05) is 19.3 Å². The molecule has 0 spiro atoms. The van der Waals surface area contributed by atoms with Crippen LogP contribution in [0.25, 0.3) is 0 Å². The summed E-state index contributed by atoms with van der Waals surface area (Å²) in [6.07, 6.45) is 77.5. The molecule has 0 aromatic carbocycles. The topological polar surface area (TPSA) is 78.9 Å². The summed E-state index contributed by atoms with van der Waals surface area (Å²) in [6, 6.07) is 0. The summed E-state index contributed by atoms with van der Waals surface area (Å²) < 4.78 is 16.9. The SMILES string of the molecule is CC/C=C\C/C=C\C/C=C\C/C=C\CCCCCCCCCCCCC(=O)OCC(COC(=O)CCCCCCC/C=C\CCCCCC)OC(=O)CCCCCCCCC/C=C\CCCCCCCCC. The van der Waals surface area contributed by atoms with Crippen molar-refractivity contribution in [3.63, 3.8) is 0 Å². The second-order valence-electron chi connectivity index (χ2n) is 20.6. The van der Waals surface area contributed by atoms with E-state index in [0.717, 1.165) is 89.9 Å². The van der Waals surface area contributed by atoms with E-state index in [4.69, 9.17) is 14.2 Å². The van der Waals surface area contributed by atoms with E-state index in [1.54, 1.807) is 0 Å². The minimum atomic E-state index is -0.783. The number of carbonyl (C=O) groups is 3. The summed E-state index contributed by atoms with van der Waals surface area (Å²) in [5, 5.41) is 0. The third-order valence-electron chi connectivity index (χ3n) is 13.4. The summed E-state index contributed by atoms with van der Waals surface area (Å²) >= 11 is 0. The average molecular weight is 1010 g/mol. The quantitative estimate of drug-likeness (QED) is 0.0261. The van der Waals surface area contributed by atoms with E-state index < -0.39 is 6.10 Å². The second-order valence-corrected chi connectivity index (χ2v) is 20.6. The zero-order valence-corrected chi connectivity index (χ0v) is 47.7. The first-order chi connectivity index (χ1) is 35.5. The molecule has 0 rings (SSSR count). The van der Waals surface area contributed by atoms with Crippen molar-refractivity contribution in [3.05, 3.63) is 72.9 Å². The van der Waals surface area contributed by atoms with Crippen molar-refractivity contribution in [1.29, 1.82) is 0 Å². The van der Waals surface area contributed by atoms with Gasteiger partial charge in [0.05, 0.1) is 0 Å². The van der Waals surface area contributed by atoms with E-state index in [1.807, 2.05) is 0 Å². The van der Waals surface area contributed by atoms with Gasteiger partial charge in [0.2, 0.25) is 0 Å². The average Bonchev–Trinajstić information content (AvgIpc) is 3.38. The maximum atomic E-state index is 12.9. The highest BCUT2D eigenvalue weighted by molar-refractivity contribution is 5.71. The molecule has 0 saturated heterocycles. The third kappa shape index (κ3) is 57.7. The van der Waals surface area contributed by atoms with Gasteiger partial charge in [-0.2, -0.15) is 0 Å². The van der Waals surface area contributed by atoms with E-state index in [-0.39, 0.29) is 31.1 Å². The van der Waals surface area contributed by atoms with Crippen LogP contribution in [0, 0.1) is 0 Å². The fourth-order valence-corrected chi connectivity index (χ4v) is 8.78.